The zero-order chi connectivity index (χ0) is 13.1. The van der Waals surface area contributed by atoms with Crippen molar-refractivity contribution in [3.05, 3.63) is 54.4 Å². The number of rotatable bonds is 4. The molecule has 19 heavy (non-hydrogen) atoms. The molecule has 4 heteroatoms. The topological polar surface area (TPSA) is 60.9 Å². The van der Waals surface area contributed by atoms with E-state index in [1.165, 1.54) is 0 Å². The lowest BCUT2D eigenvalue weighted by atomic mass is 10.3. The maximum absolute atomic E-state index is 9.40. The Balaban J connectivity index is 1.65. The number of anilines is 1. The molecule has 3 N–H and O–H groups in total. The number of aromatic amines is 1. The van der Waals surface area contributed by atoms with Gasteiger partial charge in [0.2, 0.25) is 0 Å². The minimum atomic E-state index is 0.255. The normalized spacial score (nSPS) is 10.7. The lowest BCUT2D eigenvalue weighted by Gasteiger charge is -2.03. The van der Waals surface area contributed by atoms with Crippen LogP contribution in [0.3, 0.4) is 0 Å². The van der Waals surface area contributed by atoms with Crippen LogP contribution in [0.4, 0.5) is 5.69 Å². The Labute approximate surface area is 111 Å². The molecule has 0 aliphatic heterocycles. The minimum absolute atomic E-state index is 0.255. The number of aromatic nitrogens is 2. The van der Waals surface area contributed by atoms with Gasteiger partial charge in [0.1, 0.15) is 11.6 Å². The molecule has 1 heterocycles. The summed E-state index contributed by atoms with van der Waals surface area (Å²) in [5.41, 5.74) is 2.86. The van der Waals surface area contributed by atoms with Crippen LogP contribution in [0.2, 0.25) is 0 Å². The fourth-order valence-corrected chi connectivity index (χ4v) is 2.05. The van der Waals surface area contributed by atoms with Crippen LogP contribution in [0.1, 0.15) is 5.82 Å². The van der Waals surface area contributed by atoms with E-state index in [0.717, 1.165) is 35.5 Å². The number of aromatic hydroxyl groups is 1. The molecule has 4 nitrogen and oxygen atoms in total. The summed E-state index contributed by atoms with van der Waals surface area (Å²) in [6, 6.07) is 15.2. The van der Waals surface area contributed by atoms with E-state index in [1.807, 2.05) is 36.4 Å². The summed E-state index contributed by atoms with van der Waals surface area (Å²) in [4.78, 5) is 7.69. The van der Waals surface area contributed by atoms with Crippen LogP contribution >= 0.6 is 0 Å². The first-order chi connectivity index (χ1) is 9.31. The van der Waals surface area contributed by atoms with E-state index in [4.69, 9.17) is 0 Å². The second kappa shape index (κ2) is 5.02. The van der Waals surface area contributed by atoms with E-state index in [9.17, 15) is 5.11 Å². The zero-order valence-electron chi connectivity index (χ0n) is 10.4. The Morgan fingerprint density at radius 1 is 1.11 bits per heavy atom. The van der Waals surface area contributed by atoms with Crippen molar-refractivity contribution in [2.75, 3.05) is 11.9 Å². The van der Waals surface area contributed by atoms with Gasteiger partial charge in [0.05, 0.1) is 11.0 Å². The van der Waals surface area contributed by atoms with Crippen molar-refractivity contribution in [2.45, 2.75) is 6.42 Å². The van der Waals surface area contributed by atoms with Crippen LogP contribution in [0, 0.1) is 0 Å². The van der Waals surface area contributed by atoms with Gasteiger partial charge in [-0.2, -0.15) is 0 Å². The predicted octanol–water partition coefficient (Wildman–Crippen LogP) is 2.92. The summed E-state index contributed by atoms with van der Waals surface area (Å²) in [7, 11) is 0. The smallest absolute Gasteiger partial charge is 0.117 e. The molecule has 3 aromatic rings. The predicted molar refractivity (Wildman–Crippen MR) is 76.4 cm³/mol. The Morgan fingerprint density at radius 2 is 1.95 bits per heavy atom. The summed E-state index contributed by atoms with van der Waals surface area (Å²) in [6.07, 6.45) is 0.810. The van der Waals surface area contributed by atoms with Crippen molar-refractivity contribution in [2.24, 2.45) is 0 Å². The lowest BCUT2D eigenvalue weighted by molar-refractivity contribution is 0.476. The van der Waals surface area contributed by atoms with Gasteiger partial charge in [0, 0.05) is 24.7 Å². The molecule has 0 fully saturated rings. The number of hydrogen-bond donors (Lipinski definition) is 3. The molecule has 0 atom stereocenters. The first-order valence-electron chi connectivity index (χ1n) is 6.28. The lowest BCUT2D eigenvalue weighted by Crippen LogP contribution is -2.05. The second-order valence-corrected chi connectivity index (χ2v) is 4.43. The molecule has 0 unspecified atom stereocenters. The Hall–Kier alpha value is -2.49. The summed E-state index contributed by atoms with van der Waals surface area (Å²) >= 11 is 0. The van der Waals surface area contributed by atoms with Gasteiger partial charge in [-0.3, -0.25) is 0 Å². The molecular weight excluding hydrogens is 238 g/mol. The first-order valence-corrected chi connectivity index (χ1v) is 6.28. The number of para-hydroxylation sites is 1. The largest absolute Gasteiger partial charge is 0.508 e. The number of benzene rings is 2. The van der Waals surface area contributed by atoms with Crippen LogP contribution in [-0.4, -0.2) is 21.6 Å². The zero-order valence-corrected chi connectivity index (χ0v) is 10.4. The molecule has 0 saturated carbocycles. The molecule has 2 aromatic carbocycles. The highest BCUT2D eigenvalue weighted by Crippen LogP contribution is 2.17. The molecule has 0 saturated heterocycles. The van der Waals surface area contributed by atoms with Crippen LogP contribution < -0.4 is 5.32 Å². The molecule has 0 radical (unpaired) electrons. The van der Waals surface area contributed by atoms with Crippen LogP contribution in [0.25, 0.3) is 11.0 Å². The van der Waals surface area contributed by atoms with Gasteiger partial charge in [-0.05, 0) is 24.3 Å². The molecular formula is C15H15N3O. The number of hydrogen-bond acceptors (Lipinski definition) is 3. The van der Waals surface area contributed by atoms with Gasteiger partial charge >= 0.3 is 0 Å². The first kappa shape index (κ1) is 11.6. The van der Waals surface area contributed by atoms with Crippen LogP contribution in [0.15, 0.2) is 48.5 Å². The van der Waals surface area contributed by atoms with Crippen molar-refractivity contribution in [1.29, 1.82) is 0 Å². The summed E-state index contributed by atoms with van der Waals surface area (Å²) < 4.78 is 0. The van der Waals surface area contributed by atoms with E-state index in [0.29, 0.717) is 0 Å². The molecule has 1 aromatic heterocycles. The summed E-state index contributed by atoms with van der Waals surface area (Å²) in [5.74, 6) is 1.18. The summed E-state index contributed by atoms with van der Waals surface area (Å²) in [6.45, 7) is 0.815. The number of H-pyrrole nitrogens is 1. The second-order valence-electron chi connectivity index (χ2n) is 4.43. The van der Waals surface area contributed by atoms with E-state index in [1.54, 1.807) is 12.1 Å². The highest BCUT2D eigenvalue weighted by atomic mass is 16.3. The van der Waals surface area contributed by atoms with Crippen molar-refractivity contribution in [3.63, 3.8) is 0 Å². The van der Waals surface area contributed by atoms with Crippen molar-refractivity contribution in [3.8, 4) is 5.75 Å². The highest BCUT2D eigenvalue weighted by molar-refractivity contribution is 5.76. The Bertz CT molecular complexity index is 676. The number of phenols is 1. The van der Waals surface area contributed by atoms with Crippen molar-refractivity contribution < 1.29 is 5.11 Å². The number of fused-ring (bicyclic) bond motifs is 1. The molecule has 0 aliphatic carbocycles. The fraction of sp³-hybridized carbons (Fsp3) is 0.133. The van der Waals surface area contributed by atoms with Gasteiger partial charge in [-0.25, -0.2) is 4.98 Å². The number of phenolic OH excluding ortho intramolecular Hbond substituents is 1. The standard InChI is InChI=1S/C15H15N3O/c19-12-6-7-13-14(10-12)18-15(17-13)8-9-16-11-4-2-1-3-5-11/h1-7,10,16,19H,8-9H2,(H,17,18). The van der Waals surface area contributed by atoms with E-state index < -0.39 is 0 Å². The third kappa shape index (κ3) is 2.68. The number of nitrogens with zero attached hydrogens (tertiary/aromatic N) is 1. The van der Waals surface area contributed by atoms with Gasteiger partial charge in [0.25, 0.3) is 0 Å². The summed E-state index contributed by atoms with van der Waals surface area (Å²) in [5, 5.41) is 12.7. The van der Waals surface area contributed by atoms with Gasteiger partial charge in [-0.1, -0.05) is 18.2 Å². The average molecular weight is 253 g/mol. The Morgan fingerprint density at radius 3 is 2.79 bits per heavy atom. The van der Waals surface area contributed by atoms with Crippen LogP contribution in [-0.2, 0) is 6.42 Å². The fourth-order valence-electron chi connectivity index (χ4n) is 2.05. The van der Waals surface area contributed by atoms with E-state index in [2.05, 4.69) is 15.3 Å². The maximum atomic E-state index is 9.40. The van der Waals surface area contributed by atoms with Crippen molar-refractivity contribution in [1.82, 2.24) is 9.97 Å². The van der Waals surface area contributed by atoms with Gasteiger partial charge in [0.15, 0.2) is 0 Å². The third-order valence-corrected chi connectivity index (χ3v) is 2.98. The quantitative estimate of drug-likeness (QED) is 0.670. The average Bonchev–Trinajstić information content (AvgIpc) is 2.82. The van der Waals surface area contributed by atoms with Gasteiger partial charge < -0.3 is 15.4 Å². The molecule has 0 spiro atoms. The molecule has 0 bridgehead atoms. The number of nitrogens with one attached hydrogen (secondary N) is 2. The highest BCUT2D eigenvalue weighted by Gasteiger charge is 2.03. The number of imidazole rings is 1. The van der Waals surface area contributed by atoms with E-state index >= 15 is 0 Å². The third-order valence-electron chi connectivity index (χ3n) is 2.98. The molecule has 96 valence electrons. The molecule has 0 amide bonds. The monoisotopic (exact) mass is 253 g/mol. The molecule has 0 aliphatic rings. The maximum Gasteiger partial charge on any atom is 0.117 e. The van der Waals surface area contributed by atoms with Crippen molar-refractivity contribution >= 4 is 16.7 Å². The SMILES string of the molecule is Oc1ccc2nc(CCNc3ccccc3)[nH]c2c1. The van der Waals surface area contributed by atoms with Gasteiger partial charge in [-0.15, -0.1) is 0 Å². The molecule has 3 rings (SSSR count). The Kier molecular flexibility index (Phi) is 3.06. The minimum Gasteiger partial charge on any atom is -0.508 e. The van der Waals surface area contributed by atoms with E-state index in [-0.39, 0.29) is 5.75 Å². The van der Waals surface area contributed by atoms with Crippen LogP contribution in [0.5, 0.6) is 5.75 Å².